The molecule has 3 heteroatoms. The van der Waals surface area contributed by atoms with E-state index in [1.165, 1.54) is 38.2 Å². The molecule has 1 rings (SSSR count). The van der Waals surface area contributed by atoms with E-state index in [-0.39, 0.29) is 0 Å². The predicted molar refractivity (Wildman–Crippen MR) is 89.2 cm³/mol. The van der Waals surface area contributed by atoms with Crippen molar-refractivity contribution in [3.8, 4) is 5.75 Å². The molecule has 120 valence electrons. The number of hydrogen-bond acceptors (Lipinski definition) is 1. The number of rotatable bonds is 11. The molecule has 0 saturated heterocycles. The number of ether oxygens (including phenoxy) is 1. The second-order valence-corrected chi connectivity index (χ2v) is 5.94. The Kier molecular flexibility index (Phi) is 9.11. The Morgan fingerprint density at radius 2 is 1.62 bits per heavy atom. The van der Waals surface area contributed by atoms with Crippen LogP contribution in [0.3, 0.4) is 0 Å². The molecule has 21 heavy (non-hydrogen) atoms. The van der Waals surface area contributed by atoms with E-state index in [0.717, 1.165) is 25.3 Å². The highest BCUT2D eigenvalue weighted by atomic mass is 16.5. The van der Waals surface area contributed by atoms with Crippen LogP contribution in [0.4, 0.5) is 0 Å². The molecule has 1 unspecified atom stereocenters. The minimum atomic E-state index is 0.827. The molecule has 0 amide bonds. The van der Waals surface area contributed by atoms with E-state index in [4.69, 9.17) is 4.74 Å². The maximum atomic E-state index is 5.70. The van der Waals surface area contributed by atoms with Gasteiger partial charge in [0.2, 0.25) is 0 Å². The van der Waals surface area contributed by atoms with Gasteiger partial charge in [-0.3, -0.25) is 0 Å². The fourth-order valence-electron chi connectivity index (χ4n) is 2.47. The van der Waals surface area contributed by atoms with Crippen molar-refractivity contribution >= 4 is 0 Å². The van der Waals surface area contributed by atoms with Crippen LogP contribution in [0.25, 0.3) is 0 Å². The molecule has 1 aromatic rings. The molecule has 0 aliphatic heterocycles. The zero-order chi connectivity index (χ0) is 15.5. The highest BCUT2D eigenvalue weighted by Gasteiger charge is 2.09. The van der Waals surface area contributed by atoms with E-state index in [0.29, 0.717) is 0 Å². The molecule has 1 aromatic carbocycles. The Morgan fingerprint density at radius 3 is 2.19 bits per heavy atom. The van der Waals surface area contributed by atoms with E-state index in [1.54, 1.807) is 9.80 Å². The van der Waals surface area contributed by atoms with Crippen LogP contribution in [0.2, 0.25) is 0 Å². The summed E-state index contributed by atoms with van der Waals surface area (Å²) >= 11 is 0. The minimum Gasteiger partial charge on any atom is -0.494 e. The number of unbranched alkanes of at least 4 members (excludes halogenated alkanes) is 1. The first-order chi connectivity index (χ1) is 10.2. The average Bonchev–Trinajstić information content (AvgIpc) is 2.50. The van der Waals surface area contributed by atoms with Gasteiger partial charge >= 0.3 is 0 Å². The smallest absolute Gasteiger partial charge is 0.127 e. The van der Waals surface area contributed by atoms with E-state index >= 15 is 0 Å². The molecule has 0 saturated carbocycles. The molecule has 0 fully saturated rings. The lowest BCUT2D eigenvalue weighted by molar-refractivity contribution is -0.953. The first-order valence-electron chi connectivity index (χ1n) is 8.56. The van der Waals surface area contributed by atoms with Crippen LogP contribution in [0, 0.1) is 0 Å². The largest absolute Gasteiger partial charge is 0.494 e. The van der Waals surface area contributed by atoms with Gasteiger partial charge < -0.3 is 14.5 Å². The Morgan fingerprint density at radius 1 is 0.952 bits per heavy atom. The van der Waals surface area contributed by atoms with Gasteiger partial charge in [-0.15, -0.1) is 0 Å². The van der Waals surface area contributed by atoms with Gasteiger partial charge in [-0.2, -0.15) is 0 Å². The third-order valence-corrected chi connectivity index (χ3v) is 4.10. The Balaban J connectivity index is 2.33. The van der Waals surface area contributed by atoms with Crippen LogP contribution in [-0.4, -0.2) is 39.8 Å². The summed E-state index contributed by atoms with van der Waals surface area (Å²) in [5, 5.41) is 0. The molecule has 0 aliphatic carbocycles. The van der Waals surface area contributed by atoms with Crippen LogP contribution in [0.15, 0.2) is 24.3 Å². The molecule has 0 bridgehead atoms. The normalized spacial score (nSPS) is 12.6. The Hall–Kier alpha value is -1.06. The summed E-state index contributed by atoms with van der Waals surface area (Å²) in [6.45, 7) is 13.6. The monoisotopic (exact) mass is 294 g/mol. The third-order valence-electron chi connectivity index (χ3n) is 4.10. The molecule has 1 atom stereocenters. The van der Waals surface area contributed by atoms with Gasteiger partial charge in [0.15, 0.2) is 0 Å². The van der Waals surface area contributed by atoms with Gasteiger partial charge in [0.05, 0.1) is 26.7 Å². The fourth-order valence-corrected chi connectivity index (χ4v) is 2.47. The van der Waals surface area contributed by atoms with E-state index in [1.807, 2.05) is 0 Å². The number of benzene rings is 1. The standard InChI is InChI=1S/C18H32N2O/c1-5-8-15-21-18-11-9-17(10-12-18)16-19(4)13-14-20(6-2)7-3/h9-12H,5-8,13-16H2,1-4H3/p+2. The molecule has 0 spiro atoms. The molecule has 2 N–H and O–H groups in total. The number of hydrogen-bond donors (Lipinski definition) is 2. The van der Waals surface area contributed by atoms with E-state index in [9.17, 15) is 0 Å². The quantitative estimate of drug-likeness (QED) is 0.578. The van der Waals surface area contributed by atoms with Crippen LogP contribution < -0.4 is 14.5 Å². The Bertz CT molecular complexity index is 360. The van der Waals surface area contributed by atoms with E-state index < -0.39 is 0 Å². The summed E-state index contributed by atoms with van der Waals surface area (Å²) in [7, 11) is 2.29. The number of likely N-dealkylation sites (N-methyl/N-ethyl adjacent to an activating group) is 2. The van der Waals surface area contributed by atoms with Crippen molar-refractivity contribution in [3.05, 3.63) is 29.8 Å². The minimum absolute atomic E-state index is 0.827. The van der Waals surface area contributed by atoms with Crippen molar-refractivity contribution in [2.45, 2.75) is 40.2 Å². The summed E-state index contributed by atoms with van der Waals surface area (Å²) in [6.07, 6.45) is 2.31. The Labute approximate surface area is 130 Å². The lowest BCUT2D eigenvalue weighted by atomic mass is 10.2. The predicted octanol–water partition coefficient (Wildman–Crippen LogP) is 0.805. The number of quaternary nitrogens is 2. The van der Waals surface area contributed by atoms with Gasteiger partial charge in [-0.1, -0.05) is 13.3 Å². The summed E-state index contributed by atoms with van der Waals surface area (Å²) in [5.74, 6) is 0.998. The summed E-state index contributed by atoms with van der Waals surface area (Å²) in [4.78, 5) is 3.27. The molecule has 0 radical (unpaired) electrons. The second kappa shape index (κ2) is 10.6. The maximum Gasteiger partial charge on any atom is 0.127 e. The van der Waals surface area contributed by atoms with Crippen molar-refractivity contribution in [3.63, 3.8) is 0 Å². The maximum absolute atomic E-state index is 5.70. The lowest BCUT2D eigenvalue weighted by Crippen LogP contribution is -3.18. The lowest BCUT2D eigenvalue weighted by Gasteiger charge is -2.19. The topological polar surface area (TPSA) is 18.1 Å². The summed E-state index contributed by atoms with van der Waals surface area (Å²) < 4.78 is 5.70. The number of nitrogens with one attached hydrogen (secondary N) is 2. The van der Waals surface area contributed by atoms with Crippen molar-refractivity contribution < 1.29 is 14.5 Å². The van der Waals surface area contributed by atoms with Crippen molar-refractivity contribution in [2.75, 3.05) is 39.8 Å². The molecule has 0 aromatic heterocycles. The van der Waals surface area contributed by atoms with Gasteiger partial charge in [-0.25, -0.2) is 0 Å². The zero-order valence-corrected chi connectivity index (χ0v) is 14.4. The van der Waals surface area contributed by atoms with Crippen molar-refractivity contribution in [2.24, 2.45) is 0 Å². The van der Waals surface area contributed by atoms with Gasteiger partial charge in [0.25, 0.3) is 0 Å². The molecular weight excluding hydrogens is 260 g/mol. The SMILES string of the molecule is CCCCOc1ccc(C[NH+](C)CC[NH+](CC)CC)cc1. The zero-order valence-electron chi connectivity index (χ0n) is 14.4. The summed E-state index contributed by atoms with van der Waals surface area (Å²) in [6, 6.07) is 8.62. The fraction of sp³-hybridized carbons (Fsp3) is 0.667. The average molecular weight is 294 g/mol. The van der Waals surface area contributed by atoms with Crippen molar-refractivity contribution in [1.29, 1.82) is 0 Å². The molecule has 0 heterocycles. The van der Waals surface area contributed by atoms with Gasteiger partial charge in [0.1, 0.15) is 25.4 Å². The molecular formula is C18H34N2O+2. The molecule has 0 aliphatic rings. The van der Waals surface area contributed by atoms with Gasteiger partial charge in [0, 0.05) is 5.56 Å². The third kappa shape index (κ3) is 7.49. The second-order valence-electron chi connectivity index (χ2n) is 5.94. The van der Waals surface area contributed by atoms with Crippen LogP contribution in [-0.2, 0) is 6.54 Å². The van der Waals surface area contributed by atoms with Gasteiger partial charge in [-0.05, 0) is 44.5 Å². The van der Waals surface area contributed by atoms with Crippen LogP contribution in [0.5, 0.6) is 5.75 Å². The summed E-state index contributed by atoms with van der Waals surface area (Å²) in [5.41, 5.74) is 1.39. The molecule has 3 nitrogen and oxygen atoms in total. The highest BCUT2D eigenvalue weighted by molar-refractivity contribution is 5.26. The van der Waals surface area contributed by atoms with Crippen LogP contribution in [0.1, 0.15) is 39.2 Å². The van der Waals surface area contributed by atoms with E-state index in [2.05, 4.69) is 52.1 Å². The first kappa shape index (κ1) is 18.0. The van der Waals surface area contributed by atoms with Crippen molar-refractivity contribution in [1.82, 2.24) is 0 Å². The first-order valence-corrected chi connectivity index (χ1v) is 8.56. The van der Waals surface area contributed by atoms with Crippen LogP contribution >= 0.6 is 0 Å². The highest BCUT2D eigenvalue weighted by Crippen LogP contribution is 2.12.